The van der Waals surface area contributed by atoms with Crippen LogP contribution in [0.3, 0.4) is 0 Å². The standard InChI is InChI=1S/C9H9N.C8H12OS/c1-7-3-4-9(6-10)5-8(7)2;1-6-4-7(9)5-8(2,3)10-6/h3-5H,1-2H3;4H,5H2,1-3H3. The smallest absolute Gasteiger partial charge is 0.157 e. The summed E-state index contributed by atoms with van der Waals surface area (Å²) >= 11 is 1.79. The number of rotatable bonds is 0. The third kappa shape index (κ3) is 5.22. The Balaban J connectivity index is 0.000000200. The molecule has 0 aromatic heterocycles. The van der Waals surface area contributed by atoms with Crippen LogP contribution in [-0.4, -0.2) is 10.5 Å². The van der Waals surface area contributed by atoms with Crippen LogP contribution >= 0.6 is 11.8 Å². The molecular weight excluding hydrogens is 266 g/mol. The molecule has 0 saturated carbocycles. The molecular formula is C17H21NOS. The average Bonchev–Trinajstić information content (AvgIpc) is 2.30. The summed E-state index contributed by atoms with van der Waals surface area (Å²) in [5, 5.41) is 8.50. The topological polar surface area (TPSA) is 40.9 Å². The zero-order valence-corrected chi connectivity index (χ0v) is 13.6. The van der Waals surface area contributed by atoms with Crippen LogP contribution in [0.15, 0.2) is 29.2 Å². The van der Waals surface area contributed by atoms with E-state index in [2.05, 4.69) is 19.9 Å². The van der Waals surface area contributed by atoms with Crippen molar-refractivity contribution in [1.82, 2.24) is 0 Å². The maximum absolute atomic E-state index is 11.0. The average molecular weight is 287 g/mol. The molecule has 1 aliphatic rings. The molecule has 0 aliphatic carbocycles. The van der Waals surface area contributed by atoms with Crippen LogP contribution in [0.1, 0.15) is 43.9 Å². The van der Waals surface area contributed by atoms with Gasteiger partial charge in [-0.1, -0.05) is 6.07 Å². The molecule has 1 aliphatic heterocycles. The number of ketones is 1. The predicted octanol–water partition coefficient (Wildman–Crippen LogP) is 4.55. The maximum Gasteiger partial charge on any atom is 0.157 e. The van der Waals surface area contributed by atoms with Crippen LogP contribution in [-0.2, 0) is 4.79 Å². The van der Waals surface area contributed by atoms with Gasteiger partial charge in [0.2, 0.25) is 0 Å². The van der Waals surface area contributed by atoms with Gasteiger partial charge in [-0.15, -0.1) is 11.8 Å². The molecule has 0 radical (unpaired) electrons. The van der Waals surface area contributed by atoms with Crippen molar-refractivity contribution in [3.63, 3.8) is 0 Å². The van der Waals surface area contributed by atoms with Gasteiger partial charge >= 0.3 is 0 Å². The molecule has 0 unspecified atom stereocenters. The first kappa shape index (κ1) is 16.5. The minimum Gasteiger partial charge on any atom is -0.295 e. The molecule has 2 rings (SSSR count). The fourth-order valence-electron chi connectivity index (χ4n) is 2.01. The van der Waals surface area contributed by atoms with Crippen molar-refractivity contribution >= 4 is 17.5 Å². The van der Waals surface area contributed by atoms with E-state index in [4.69, 9.17) is 5.26 Å². The first-order valence-corrected chi connectivity index (χ1v) is 7.42. The summed E-state index contributed by atoms with van der Waals surface area (Å²) < 4.78 is 0.121. The number of aryl methyl sites for hydroxylation is 2. The Kier molecular flexibility index (Phi) is 5.59. The van der Waals surface area contributed by atoms with Crippen molar-refractivity contribution in [3.8, 4) is 6.07 Å². The zero-order valence-electron chi connectivity index (χ0n) is 12.8. The summed E-state index contributed by atoms with van der Waals surface area (Å²) in [4.78, 5) is 12.1. The number of hydrogen-bond acceptors (Lipinski definition) is 3. The molecule has 2 nitrogen and oxygen atoms in total. The van der Waals surface area contributed by atoms with Crippen LogP contribution in [0.4, 0.5) is 0 Å². The Hall–Kier alpha value is -1.53. The van der Waals surface area contributed by atoms with Crippen LogP contribution in [0.5, 0.6) is 0 Å². The summed E-state index contributed by atoms with van der Waals surface area (Å²) in [7, 11) is 0. The van der Waals surface area contributed by atoms with Crippen molar-refractivity contribution in [2.75, 3.05) is 0 Å². The number of carbonyl (C=O) groups excluding carboxylic acids is 1. The summed E-state index contributed by atoms with van der Waals surface area (Å²) in [6.45, 7) is 10.2. The van der Waals surface area contributed by atoms with Gasteiger partial charge in [0.15, 0.2) is 5.78 Å². The van der Waals surface area contributed by atoms with Gasteiger partial charge in [-0.2, -0.15) is 5.26 Å². The van der Waals surface area contributed by atoms with E-state index in [1.807, 2.05) is 39.0 Å². The van der Waals surface area contributed by atoms with E-state index in [9.17, 15) is 4.79 Å². The Morgan fingerprint density at radius 1 is 1.20 bits per heavy atom. The number of allylic oxidation sites excluding steroid dienone is 2. The Labute approximate surface area is 125 Å². The quantitative estimate of drug-likeness (QED) is 0.703. The van der Waals surface area contributed by atoms with E-state index in [1.54, 1.807) is 17.8 Å². The van der Waals surface area contributed by atoms with Crippen LogP contribution in [0.25, 0.3) is 0 Å². The zero-order chi connectivity index (χ0) is 15.3. The predicted molar refractivity (Wildman–Crippen MR) is 85.7 cm³/mol. The van der Waals surface area contributed by atoms with E-state index in [0.717, 1.165) is 10.5 Å². The molecule has 0 amide bonds. The molecule has 20 heavy (non-hydrogen) atoms. The third-order valence-corrected chi connectivity index (χ3v) is 4.17. The van der Waals surface area contributed by atoms with Crippen molar-refractivity contribution in [2.45, 2.75) is 45.8 Å². The van der Waals surface area contributed by atoms with Crippen molar-refractivity contribution < 1.29 is 4.79 Å². The van der Waals surface area contributed by atoms with Gasteiger partial charge in [0, 0.05) is 11.2 Å². The summed E-state index contributed by atoms with van der Waals surface area (Å²) in [6, 6.07) is 7.79. The highest BCUT2D eigenvalue weighted by atomic mass is 32.2. The van der Waals surface area contributed by atoms with Gasteiger partial charge in [-0.3, -0.25) is 4.79 Å². The molecule has 1 aromatic rings. The van der Waals surface area contributed by atoms with Crippen LogP contribution in [0.2, 0.25) is 0 Å². The van der Waals surface area contributed by atoms with Gasteiger partial charge < -0.3 is 0 Å². The normalized spacial score (nSPS) is 16.6. The molecule has 1 heterocycles. The van der Waals surface area contributed by atoms with E-state index in [1.165, 1.54) is 11.1 Å². The third-order valence-electron chi connectivity index (χ3n) is 3.04. The number of nitriles is 1. The Bertz CT molecular complexity index is 579. The highest BCUT2D eigenvalue weighted by Gasteiger charge is 2.26. The lowest BCUT2D eigenvalue weighted by Crippen LogP contribution is -2.22. The Morgan fingerprint density at radius 2 is 1.85 bits per heavy atom. The fourth-order valence-corrected chi connectivity index (χ4v) is 3.29. The molecule has 0 bridgehead atoms. The molecule has 1 aromatic carbocycles. The van der Waals surface area contributed by atoms with Crippen molar-refractivity contribution in [3.05, 3.63) is 45.9 Å². The summed E-state index contributed by atoms with van der Waals surface area (Å²) in [6.07, 6.45) is 2.41. The van der Waals surface area contributed by atoms with Crippen LogP contribution < -0.4 is 0 Å². The highest BCUT2D eigenvalue weighted by Crippen LogP contribution is 2.37. The second kappa shape index (κ2) is 6.76. The number of hydrogen-bond donors (Lipinski definition) is 0. The summed E-state index contributed by atoms with van der Waals surface area (Å²) in [5.41, 5.74) is 3.15. The first-order chi connectivity index (χ1) is 9.23. The van der Waals surface area contributed by atoms with E-state index >= 15 is 0 Å². The Morgan fingerprint density at radius 3 is 2.30 bits per heavy atom. The molecule has 0 atom stereocenters. The molecule has 0 spiro atoms. The van der Waals surface area contributed by atoms with Gasteiger partial charge in [0.1, 0.15) is 0 Å². The summed E-state index contributed by atoms with van der Waals surface area (Å²) in [5.74, 6) is 0.265. The van der Waals surface area contributed by atoms with Crippen molar-refractivity contribution in [1.29, 1.82) is 5.26 Å². The minimum absolute atomic E-state index is 0.121. The van der Waals surface area contributed by atoms with Gasteiger partial charge in [-0.25, -0.2) is 0 Å². The minimum atomic E-state index is 0.121. The van der Waals surface area contributed by atoms with Gasteiger partial charge in [0.05, 0.1) is 11.6 Å². The highest BCUT2D eigenvalue weighted by molar-refractivity contribution is 8.04. The SMILES string of the molecule is CC1=CC(=O)CC(C)(C)S1.Cc1ccc(C#N)cc1C. The lowest BCUT2D eigenvalue weighted by molar-refractivity contribution is -0.115. The van der Waals surface area contributed by atoms with E-state index in [0.29, 0.717) is 6.42 Å². The second-order valence-electron chi connectivity index (χ2n) is 5.67. The number of nitrogens with zero attached hydrogens (tertiary/aromatic N) is 1. The van der Waals surface area contributed by atoms with Gasteiger partial charge in [-0.05, 0) is 68.9 Å². The lowest BCUT2D eigenvalue weighted by Gasteiger charge is -2.26. The number of thioether (sulfide) groups is 1. The first-order valence-electron chi connectivity index (χ1n) is 6.61. The number of carbonyl (C=O) groups is 1. The van der Waals surface area contributed by atoms with E-state index in [-0.39, 0.29) is 10.5 Å². The van der Waals surface area contributed by atoms with Gasteiger partial charge in [0.25, 0.3) is 0 Å². The molecule has 3 heteroatoms. The lowest BCUT2D eigenvalue weighted by atomic mass is 10.1. The fraction of sp³-hybridized carbons (Fsp3) is 0.412. The van der Waals surface area contributed by atoms with E-state index < -0.39 is 0 Å². The largest absolute Gasteiger partial charge is 0.295 e. The molecule has 0 saturated heterocycles. The number of benzene rings is 1. The van der Waals surface area contributed by atoms with Crippen LogP contribution in [0, 0.1) is 25.2 Å². The second-order valence-corrected chi connectivity index (χ2v) is 7.62. The molecule has 0 fully saturated rings. The van der Waals surface area contributed by atoms with Crippen molar-refractivity contribution in [2.24, 2.45) is 0 Å². The monoisotopic (exact) mass is 287 g/mol. The maximum atomic E-state index is 11.0. The molecule has 106 valence electrons. The molecule has 0 N–H and O–H groups in total.